The molecule has 3 nitrogen and oxygen atoms in total. The zero-order chi connectivity index (χ0) is 11.3. The van der Waals surface area contributed by atoms with Crippen LogP contribution < -0.4 is 15.2 Å². The van der Waals surface area contributed by atoms with Gasteiger partial charge in [-0.25, -0.2) is 4.39 Å². The van der Waals surface area contributed by atoms with Crippen molar-refractivity contribution < 1.29 is 13.9 Å². The van der Waals surface area contributed by atoms with Crippen LogP contribution in [0.1, 0.15) is 18.2 Å². The average molecular weight is 213 g/mol. The molecule has 0 saturated carbocycles. The zero-order valence-electron chi connectivity index (χ0n) is 9.00. The summed E-state index contributed by atoms with van der Waals surface area (Å²) in [5.41, 5.74) is 5.77. The van der Waals surface area contributed by atoms with Crippen LogP contribution in [0.4, 0.5) is 4.39 Å². The van der Waals surface area contributed by atoms with E-state index in [-0.39, 0.29) is 6.42 Å². The average Bonchev–Trinajstić information content (AvgIpc) is 2.28. The Labute approximate surface area is 89.0 Å². The highest BCUT2D eigenvalue weighted by molar-refractivity contribution is 5.46. The predicted octanol–water partition coefficient (Wildman–Crippen LogP) is 2.06. The maximum Gasteiger partial charge on any atom is 0.134 e. The first kappa shape index (κ1) is 11.8. The summed E-state index contributed by atoms with van der Waals surface area (Å²) in [6.07, 6.45) is -0.891. The number of rotatable bonds is 5. The van der Waals surface area contributed by atoms with E-state index in [0.717, 1.165) is 0 Å². The Bertz CT molecular complexity index is 295. The highest BCUT2D eigenvalue weighted by Gasteiger charge is 2.19. The lowest BCUT2D eigenvalue weighted by atomic mass is 10.1. The third kappa shape index (κ3) is 2.59. The summed E-state index contributed by atoms with van der Waals surface area (Å²) in [4.78, 5) is 0. The SMILES string of the molecule is COc1cccc(OC)c1C(F)CCN. The third-order valence-corrected chi connectivity index (χ3v) is 2.20. The van der Waals surface area contributed by atoms with Crippen LogP contribution in [0, 0.1) is 0 Å². The van der Waals surface area contributed by atoms with Crippen molar-refractivity contribution in [2.45, 2.75) is 12.6 Å². The fraction of sp³-hybridized carbons (Fsp3) is 0.455. The molecule has 0 aromatic heterocycles. The minimum Gasteiger partial charge on any atom is -0.496 e. The van der Waals surface area contributed by atoms with Gasteiger partial charge in [0.2, 0.25) is 0 Å². The molecule has 0 spiro atoms. The minimum absolute atomic E-state index is 0.261. The Morgan fingerprint density at radius 3 is 2.20 bits per heavy atom. The van der Waals surface area contributed by atoms with Crippen molar-refractivity contribution >= 4 is 0 Å². The van der Waals surface area contributed by atoms with E-state index in [4.69, 9.17) is 15.2 Å². The van der Waals surface area contributed by atoms with Gasteiger partial charge in [0, 0.05) is 0 Å². The van der Waals surface area contributed by atoms with Gasteiger partial charge in [-0.2, -0.15) is 0 Å². The smallest absolute Gasteiger partial charge is 0.134 e. The normalized spacial score (nSPS) is 12.3. The molecular weight excluding hydrogens is 197 g/mol. The maximum absolute atomic E-state index is 13.8. The molecule has 0 radical (unpaired) electrons. The van der Waals surface area contributed by atoms with Crippen molar-refractivity contribution in [3.8, 4) is 11.5 Å². The molecule has 1 unspecified atom stereocenters. The van der Waals surface area contributed by atoms with Gasteiger partial charge in [0.25, 0.3) is 0 Å². The molecule has 0 amide bonds. The third-order valence-electron chi connectivity index (χ3n) is 2.20. The molecule has 0 bridgehead atoms. The fourth-order valence-electron chi connectivity index (χ4n) is 1.48. The van der Waals surface area contributed by atoms with Gasteiger partial charge in [0.15, 0.2) is 0 Å². The van der Waals surface area contributed by atoms with Crippen molar-refractivity contribution in [1.82, 2.24) is 0 Å². The summed E-state index contributed by atoms with van der Waals surface area (Å²) >= 11 is 0. The first-order chi connectivity index (χ1) is 7.24. The highest BCUT2D eigenvalue weighted by Crippen LogP contribution is 2.37. The lowest BCUT2D eigenvalue weighted by Gasteiger charge is -2.15. The molecule has 4 heteroatoms. The van der Waals surface area contributed by atoms with E-state index >= 15 is 0 Å². The fourth-order valence-corrected chi connectivity index (χ4v) is 1.48. The number of alkyl halides is 1. The van der Waals surface area contributed by atoms with Crippen LogP contribution in [-0.4, -0.2) is 20.8 Å². The van der Waals surface area contributed by atoms with Gasteiger partial charge in [0.05, 0.1) is 19.8 Å². The zero-order valence-corrected chi connectivity index (χ0v) is 9.00. The molecule has 0 aliphatic heterocycles. The summed E-state index contributed by atoms with van der Waals surface area (Å²) in [6, 6.07) is 5.18. The molecule has 0 saturated heterocycles. The molecule has 0 fully saturated rings. The standard InChI is InChI=1S/C11H16FNO2/c1-14-9-4-3-5-10(15-2)11(9)8(12)6-7-13/h3-5,8H,6-7,13H2,1-2H3. The summed E-state index contributed by atoms with van der Waals surface area (Å²) in [7, 11) is 3.01. The van der Waals surface area contributed by atoms with Crippen molar-refractivity contribution in [1.29, 1.82) is 0 Å². The van der Waals surface area contributed by atoms with Crippen LogP contribution in [0.3, 0.4) is 0 Å². The summed E-state index contributed by atoms with van der Waals surface area (Å²) in [5.74, 6) is 0.991. The van der Waals surface area contributed by atoms with Gasteiger partial charge in [0.1, 0.15) is 17.7 Å². The second-order valence-electron chi connectivity index (χ2n) is 3.12. The van der Waals surface area contributed by atoms with Crippen LogP contribution in [-0.2, 0) is 0 Å². The van der Waals surface area contributed by atoms with Crippen LogP contribution in [0.15, 0.2) is 18.2 Å². The van der Waals surface area contributed by atoms with Crippen molar-refractivity contribution in [2.24, 2.45) is 5.73 Å². The van der Waals surface area contributed by atoms with Gasteiger partial charge in [-0.1, -0.05) is 6.07 Å². The molecule has 0 aliphatic rings. The van der Waals surface area contributed by atoms with Gasteiger partial charge in [-0.15, -0.1) is 0 Å². The molecule has 1 aromatic rings. The Morgan fingerprint density at radius 2 is 1.80 bits per heavy atom. The van der Waals surface area contributed by atoms with Crippen molar-refractivity contribution in [2.75, 3.05) is 20.8 Å². The number of hydrogen-bond acceptors (Lipinski definition) is 3. The Morgan fingerprint density at radius 1 is 1.27 bits per heavy atom. The molecule has 84 valence electrons. The van der Waals surface area contributed by atoms with E-state index in [1.54, 1.807) is 18.2 Å². The number of methoxy groups -OCH3 is 2. The first-order valence-corrected chi connectivity index (χ1v) is 4.79. The number of benzene rings is 1. The van der Waals surface area contributed by atoms with E-state index in [2.05, 4.69) is 0 Å². The Kier molecular flexibility index (Phi) is 4.37. The molecular formula is C11H16FNO2. The number of ether oxygens (including phenoxy) is 2. The van der Waals surface area contributed by atoms with Crippen LogP contribution in [0.5, 0.6) is 11.5 Å². The van der Waals surface area contributed by atoms with E-state index in [0.29, 0.717) is 23.6 Å². The van der Waals surface area contributed by atoms with E-state index in [1.807, 2.05) is 0 Å². The topological polar surface area (TPSA) is 44.5 Å². The highest BCUT2D eigenvalue weighted by atomic mass is 19.1. The van der Waals surface area contributed by atoms with Gasteiger partial charge >= 0.3 is 0 Å². The predicted molar refractivity (Wildman–Crippen MR) is 57.1 cm³/mol. The van der Waals surface area contributed by atoms with E-state index in [1.165, 1.54) is 14.2 Å². The maximum atomic E-state index is 13.8. The quantitative estimate of drug-likeness (QED) is 0.814. The molecule has 0 aliphatic carbocycles. The van der Waals surface area contributed by atoms with E-state index in [9.17, 15) is 4.39 Å². The van der Waals surface area contributed by atoms with E-state index < -0.39 is 6.17 Å². The number of hydrogen-bond donors (Lipinski definition) is 1. The summed E-state index contributed by atoms with van der Waals surface area (Å²) < 4.78 is 24.0. The second kappa shape index (κ2) is 5.56. The van der Waals surface area contributed by atoms with Crippen molar-refractivity contribution in [3.05, 3.63) is 23.8 Å². The Balaban J connectivity index is 3.09. The van der Waals surface area contributed by atoms with Crippen LogP contribution in [0.25, 0.3) is 0 Å². The molecule has 1 atom stereocenters. The molecule has 1 aromatic carbocycles. The van der Waals surface area contributed by atoms with Gasteiger partial charge in [-0.05, 0) is 25.1 Å². The lowest BCUT2D eigenvalue weighted by molar-refractivity contribution is 0.295. The summed E-state index contributed by atoms with van der Waals surface area (Å²) in [6.45, 7) is 0.294. The van der Waals surface area contributed by atoms with Gasteiger partial charge in [-0.3, -0.25) is 0 Å². The minimum atomic E-state index is -1.15. The molecule has 0 heterocycles. The van der Waals surface area contributed by atoms with Crippen LogP contribution in [0.2, 0.25) is 0 Å². The monoisotopic (exact) mass is 213 g/mol. The summed E-state index contributed by atoms with van der Waals surface area (Å²) in [5, 5.41) is 0. The molecule has 1 rings (SSSR count). The second-order valence-corrected chi connectivity index (χ2v) is 3.12. The van der Waals surface area contributed by atoms with Gasteiger partial charge < -0.3 is 15.2 Å². The number of halogens is 1. The molecule has 15 heavy (non-hydrogen) atoms. The largest absolute Gasteiger partial charge is 0.496 e. The molecule has 2 N–H and O–H groups in total. The van der Waals surface area contributed by atoms with Crippen molar-refractivity contribution in [3.63, 3.8) is 0 Å². The lowest BCUT2D eigenvalue weighted by Crippen LogP contribution is -2.06. The Hall–Kier alpha value is -1.29. The van der Waals surface area contributed by atoms with Crippen LogP contribution >= 0.6 is 0 Å². The number of nitrogens with two attached hydrogens (primary N) is 1. The first-order valence-electron chi connectivity index (χ1n) is 4.79.